The number of aryl methyl sites for hydroxylation is 1. The molecule has 2 aromatic rings. The van der Waals surface area contributed by atoms with Gasteiger partial charge in [-0.25, -0.2) is 4.98 Å². The minimum atomic E-state index is 0.125. The third kappa shape index (κ3) is 3.53. The Morgan fingerprint density at radius 1 is 1.12 bits per heavy atom. The summed E-state index contributed by atoms with van der Waals surface area (Å²) >= 11 is 3.46. The van der Waals surface area contributed by atoms with Crippen molar-refractivity contribution in [2.45, 2.75) is 12.8 Å². The van der Waals surface area contributed by atoms with E-state index >= 15 is 0 Å². The monoisotopic (exact) mass is 398 g/mol. The second kappa shape index (κ2) is 7.10. The number of hydrogen-bond acceptors (Lipinski definition) is 4. The molecule has 5 heteroatoms. The van der Waals surface area contributed by atoms with E-state index in [1.807, 2.05) is 42.6 Å². The Bertz CT molecular complexity index is 824. The minimum Gasteiger partial charge on any atom is -0.378 e. The molecule has 128 valence electrons. The van der Waals surface area contributed by atoms with Gasteiger partial charge < -0.3 is 9.64 Å². The third-order valence-electron chi connectivity index (χ3n) is 4.72. The molecule has 4 nitrogen and oxygen atoms in total. The van der Waals surface area contributed by atoms with E-state index in [0.29, 0.717) is 0 Å². The van der Waals surface area contributed by atoms with Crippen molar-refractivity contribution in [3.8, 4) is 0 Å². The number of ketones is 1. The molecule has 1 aromatic carbocycles. The maximum absolute atomic E-state index is 12.8. The van der Waals surface area contributed by atoms with Crippen LogP contribution in [0.1, 0.15) is 27.9 Å². The number of ether oxygens (including phenoxy) is 1. The summed E-state index contributed by atoms with van der Waals surface area (Å²) in [5, 5.41) is 0. The molecule has 25 heavy (non-hydrogen) atoms. The molecule has 0 atom stereocenters. The fourth-order valence-electron chi connectivity index (χ4n) is 3.34. The van der Waals surface area contributed by atoms with Gasteiger partial charge in [0.25, 0.3) is 0 Å². The van der Waals surface area contributed by atoms with Crippen molar-refractivity contribution in [1.82, 2.24) is 4.98 Å². The average molecular weight is 399 g/mol. The molecule has 0 saturated carbocycles. The second-order valence-corrected chi connectivity index (χ2v) is 7.26. The van der Waals surface area contributed by atoms with Gasteiger partial charge in [0.1, 0.15) is 5.82 Å². The Hall–Kier alpha value is -1.98. The molecular weight excluding hydrogens is 380 g/mol. The Balaban J connectivity index is 1.55. The van der Waals surface area contributed by atoms with Gasteiger partial charge in [-0.15, -0.1) is 0 Å². The van der Waals surface area contributed by atoms with Gasteiger partial charge in [-0.2, -0.15) is 0 Å². The highest BCUT2D eigenvalue weighted by atomic mass is 79.9. The van der Waals surface area contributed by atoms with Crippen LogP contribution in [0, 0.1) is 0 Å². The number of anilines is 1. The first kappa shape index (κ1) is 16.5. The number of halogens is 1. The lowest BCUT2D eigenvalue weighted by Gasteiger charge is -2.27. The number of aromatic nitrogens is 1. The lowest BCUT2D eigenvalue weighted by Crippen LogP contribution is -2.36. The number of fused-ring (bicyclic) bond motifs is 1. The molecule has 1 fully saturated rings. The molecule has 0 amide bonds. The second-order valence-electron chi connectivity index (χ2n) is 6.35. The highest BCUT2D eigenvalue weighted by molar-refractivity contribution is 9.10. The molecule has 1 aliphatic heterocycles. The summed E-state index contributed by atoms with van der Waals surface area (Å²) in [4.78, 5) is 19.5. The zero-order valence-electron chi connectivity index (χ0n) is 13.9. The molecule has 1 saturated heterocycles. The number of nitrogens with zero attached hydrogens (tertiary/aromatic N) is 2. The van der Waals surface area contributed by atoms with E-state index in [0.717, 1.165) is 71.7 Å². The predicted octanol–water partition coefficient (Wildman–Crippen LogP) is 3.89. The van der Waals surface area contributed by atoms with E-state index in [2.05, 4.69) is 25.8 Å². The number of benzene rings is 1. The van der Waals surface area contributed by atoms with Crippen LogP contribution in [0.15, 0.2) is 46.6 Å². The molecule has 0 unspecified atom stereocenters. The topological polar surface area (TPSA) is 42.4 Å². The summed E-state index contributed by atoms with van der Waals surface area (Å²) in [6.45, 7) is 3.24. The highest BCUT2D eigenvalue weighted by Crippen LogP contribution is 2.29. The Morgan fingerprint density at radius 2 is 1.96 bits per heavy atom. The largest absolute Gasteiger partial charge is 0.378 e. The molecular formula is C20H19BrN2O2. The summed E-state index contributed by atoms with van der Waals surface area (Å²) in [7, 11) is 0. The van der Waals surface area contributed by atoms with Crippen molar-refractivity contribution < 1.29 is 9.53 Å². The Labute approximate surface area is 155 Å². The molecule has 0 bridgehead atoms. The number of Topliss-reactive ketones (excluding diaryl/α,β-unsaturated/α-hetero) is 1. The van der Waals surface area contributed by atoms with Crippen molar-refractivity contribution in [2.75, 3.05) is 31.2 Å². The van der Waals surface area contributed by atoms with Gasteiger partial charge in [0, 0.05) is 34.9 Å². The Kier molecular flexibility index (Phi) is 4.68. The molecule has 0 radical (unpaired) electrons. The smallest absolute Gasteiger partial charge is 0.189 e. The van der Waals surface area contributed by atoms with Crippen LogP contribution >= 0.6 is 15.9 Å². The normalized spacial score (nSPS) is 19.2. The first-order valence-electron chi connectivity index (χ1n) is 8.53. The van der Waals surface area contributed by atoms with Crippen LogP contribution in [0.25, 0.3) is 6.08 Å². The van der Waals surface area contributed by atoms with Crippen molar-refractivity contribution in [3.63, 3.8) is 0 Å². The number of carbonyl (C=O) groups excluding carboxylic acids is 1. The maximum Gasteiger partial charge on any atom is 0.189 e. The van der Waals surface area contributed by atoms with Gasteiger partial charge >= 0.3 is 0 Å². The SMILES string of the molecule is O=C1C(=Cc2ccc(N3CCOCC3)nc2)CCc2ccc(Br)cc21. The van der Waals surface area contributed by atoms with Gasteiger partial charge in [0.2, 0.25) is 0 Å². The van der Waals surface area contributed by atoms with Gasteiger partial charge in [-0.05, 0) is 54.3 Å². The number of rotatable bonds is 2. The number of hydrogen-bond donors (Lipinski definition) is 0. The minimum absolute atomic E-state index is 0.125. The third-order valence-corrected chi connectivity index (χ3v) is 5.21. The van der Waals surface area contributed by atoms with Crippen molar-refractivity contribution >= 4 is 33.6 Å². The predicted molar refractivity (Wildman–Crippen MR) is 102 cm³/mol. The maximum atomic E-state index is 12.8. The molecule has 4 rings (SSSR count). The van der Waals surface area contributed by atoms with Crippen LogP contribution in [0.3, 0.4) is 0 Å². The fraction of sp³-hybridized carbons (Fsp3) is 0.300. The van der Waals surface area contributed by atoms with E-state index in [1.54, 1.807) is 0 Å². The average Bonchev–Trinajstić information content (AvgIpc) is 2.66. The Morgan fingerprint density at radius 3 is 2.72 bits per heavy atom. The molecule has 1 aromatic heterocycles. The van der Waals surface area contributed by atoms with Crippen LogP contribution < -0.4 is 4.90 Å². The van der Waals surface area contributed by atoms with Crippen molar-refractivity contribution in [1.29, 1.82) is 0 Å². The molecule has 1 aliphatic carbocycles. The number of pyridine rings is 1. The lowest BCUT2D eigenvalue weighted by molar-refractivity contribution is 0.102. The summed E-state index contributed by atoms with van der Waals surface area (Å²) in [5.41, 5.74) is 3.77. The van der Waals surface area contributed by atoms with E-state index in [1.165, 1.54) is 0 Å². The molecule has 2 aliphatic rings. The van der Waals surface area contributed by atoms with Gasteiger partial charge in [0.05, 0.1) is 13.2 Å². The van der Waals surface area contributed by atoms with Gasteiger partial charge in [-0.1, -0.05) is 22.0 Å². The van der Waals surface area contributed by atoms with Crippen LogP contribution in [0.4, 0.5) is 5.82 Å². The van der Waals surface area contributed by atoms with Crippen molar-refractivity contribution in [2.24, 2.45) is 0 Å². The van der Waals surface area contributed by atoms with Crippen LogP contribution in [-0.2, 0) is 11.2 Å². The zero-order chi connectivity index (χ0) is 17.2. The number of carbonyl (C=O) groups is 1. The van der Waals surface area contributed by atoms with Crippen LogP contribution in [0.2, 0.25) is 0 Å². The van der Waals surface area contributed by atoms with Gasteiger partial charge in [0.15, 0.2) is 5.78 Å². The first-order valence-corrected chi connectivity index (χ1v) is 9.32. The number of allylic oxidation sites excluding steroid dienone is 1. The summed E-state index contributed by atoms with van der Waals surface area (Å²) in [6, 6.07) is 10.0. The summed E-state index contributed by atoms with van der Waals surface area (Å²) in [5.74, 6) is 1.09. The quantitative estimate of drug-likeness (QED) is 0.719. The van der Waals surface area contributed by atoms with Gasteiger partial charge in [-0.3, -0.25) is 4.79 Å². The van der Waals surface area contributed by atoms with Crippen LogP contribution in [0.5, 0.6) is 0 Å². The van der Waals surface area contributed by atoms with E-state index in [4.69, 9.17) is 4.74 Å². The number of morpholine rings is 1. The zero-order valence-corrected chi connectivity index (χ0v) is 15.5. The molecule has 2 heterocycles. The fourth-order valence-corrected chi connectivity index (χ4v) is 3.70. The van der Waals surface area contributed by atoms with E-state index in [-0.39, 0.29) is 5.78 Å². The van der Waals surface area contributed by atoms with Crippen molar-refractivity contribution in [3.05, 3.63) is 63.3 Å². The standard InChI is InChI=1S/C20H19BrN2O2/c21-17-5-4-15-2-3-16(20(24)18(15)12-17)11-14-1-6-19(22-13-14)23-7-9-25-10-8-23/h1,4-6,11-13H,2-3,7-10H2. The van der Waals surface area contributed by atoms with E-state index in [9.17, 15) is 4.79 Å². The van der Waals surface area contributed by atoms with Crippen LogP contribution in [-0.4, -0.2) is 37.1 Å². The lowest BCUT2D eigenvalue weighted by atomic mass is 9.86. The highest BCUT2D eigenvalue weighted by Gasteiger charge is 2.22. The summed E-state index contributed by atoms with van der Waals surface area (Å²) < 4.78 is 6.32. The first-order chi connectivity index (χ1) is 12.2. The summed E-state index contributed by atoms with van der Waals surface area (Å²) in [6.07, 6.45) is 5.50. The molecule has 0 spiro atoms. The molecule has 0 N–H and O–H groups in total. The van der Waals surface area contributed by atoms with E-state index < -0.39 is 0 Å².